The van der Waals surface area contributed by atoms with Crippen molar-refractivity contribution in [3.63, 3.8) is 0 Å². The Kier molecular flexibility index (Phi) is 4.31. The number of hydrogen-bond acceptors (Lipinski definition) is 6. The monoisotopic (exact) mass is 243 g/mol. The van der Waals surface area contributed by atoms with Crippen molar-refractivity contribution in [3.8, 4) is 0 Å². The van der Waals surface area contributed by atoms with E-state index in [1.54, 1.807) is 0 Å². The maximum atomic E-state index is 11.8. The summed E-state index contributed by atoms with van der Waals surface area (Å²) in [6.07, 6.45) is 0.738. The zero-order valence-corrected chi connectivity index (χ0v) is 10.5. The van der Waals surface area contributed by atoms with Crippen LogP contribution in [0.25, 0.3) is 0 Å². The van der Waals surface area contributed by atoms with Crippen LogP contribution < -0.4 is 11.1 Å². The number of amides is 1. The van der Waals surface area contributed by atoms with Gasteiger partial charge in [-0.1, -0.05) is 30.4 Å². The predicted molar refractivity (Wildman–Crippen MR) is 63.0 cm³/mol. The molecule has 1 atom stereocenters. The molecule has 0 aliphatic rings. The molecule has 0 aliphatic carbocycles. The largest absolute Gasteiger partial charge is 0.330 e. The fourth-order valence-electron chi connectivity index (χ4n) is 1.41. The van der Waals surface area contributed by atoms with Gasteiger partial charge < -0.3 is 5.73 Å². The van der Waals surface area contributed by atoms with E-state index in [2.05, 4.69) is 40.9 Å². The number of carbonyl (C=O) groups excluding carboxylic acids is 1. The van der Waals surface area contributed by atoms with E-state index in [4.69, 9.17) is 5.73 Å². The van der Waals surface area contributed by atoms with Gasteiger partial charge in [0, 0.05) is 18.1 Å². The minimum absolute atomic E-state index is 0.0702. The summed E-state index contributed by atoms with van der Waals surface area (Å²) in [5, 5.41) is 10.1. The first-order valence-corrected chi connectivity index (χ1v) is 5.85. The molecule has 1 unspecified atom stereocenters. The molecule has 0 fully saturated rings. The number of nitrogens with two attached hydrogens (primary N) is 1. The molecule has 1 heterocycles. The number of nitrogens with one attached hydrogen (secondary N) is 1. The van der Waals surface area contributed by atoms with Crippen molar-refractivity contribution in [3.05, 3.63) is 0 Å². The summed E-state index contributed by atoms with van der Waals surface area (Å²) in [5.41, 5.74) is 5.67. The van der Waals surface area contributed by atoms with Crippen LogP contribution in [0, 0.1) is 11.3 Å². The van der Waals surface area contributed by atoms with Crippen LogP contribution in [0.1, 0.15) is 27.2 Å². The first-order chi connectivity index (χ1) is 7.42. The second-order valence-corrected chi connectivity index (χ2v) is 5.59. The average Bonchev–Trinajstić information content (AvgIpc) is 2.65. The molecular weight excluding hydrogens is 226 g/mol. The van der Waals surface area contributed by atoms with E-state index in [9.17, 15) is 4.79 Å². The molecule has 90 valence electrons. The lowest BCUT2D eigenvalue weighted by Crippen LogP contribution is -2.32. The van der Waals surface area contributed by atoms with Crippen LogP contribution in [-0.4, -0.2) is 27.3 Å². The van der Waals surface area contributed by atoms with E-state index in [0.717, 1.165) is 18.0 Å². The number of anilines is 1. The van der Waals surface area contributed by atoms with Crippen LogP contribution >= 0.6 is 11.5 Å². The molecule has 1 aromatic rings. The Morgan fingerprint density at radius 1 is 1.56 bits per heavy atom. The van der Waals surface area contributed by atoms with Crippen molar-refractivity contribution in [1.29, 1.82) is 0 Å². The van der Waals surface area contributed by atoms with Gasteiger partial charge in [-0.05, 0) is 17.0 Å². The lowest BCUT2D eigenvalue weighted by molar-refractivity contribution is -0.120. The molecule has 16 heavy (non-hydrogen) atoms. The number of nitrogens with zero attached hydrogens (tertiary/aromatic N) is 3. The van der Waals surface area contributed by atoms with Crippen molar-refractivity contribution >= 4 is 22.6 Å². The van der Waals surface area contributed by atoms with Gasteiger partial charge in [-0.2, -0.15) is 0 Å². The lowest BCUT2D eigenvalue weighted by Gasteiger charge is -2.23. The highest BCUT2D eigenvalue weighted by molar-refractivity contribution is 7.09. The van der Waals surface area contributed by atoms with Gasteiger partial charge in [-0.25, -0.2) is 0 Å². The Morgan fingerprint density at radius 3 is 2.69 bits per heavy atom. The smallest absolute Gasteiger partial charge is 0.231 e. The standard InChI is InChI=1S/C9H17N5OS/c1-9(2,3)4-6(5-10)7(15)11-8-12-13-14-16-8/h6H,4-5,10H2,1-3H3,(H,11,12,14,15). The summed E-state index contributed by atoms with van der Waals surface area (Å²) in [4.78, 5) is 11.8. The molecule has 0 saturated heterocycles. The van der Waals surface area contributed by atoms with Crippen LogP contribution in [-0.2, 0) is 4.79 Å². The van der Waals surface area contributed by atoms with Gasteiger partial charge in [0.15, 0.2) is 0 Å². The highest BCUT2D eigenvalue weighted by Gasteiger charge is 2.24. The molecule has 0 bridgehead atoms. The summed E-state index contributed by atoms with van der Waals surface area (Å²) in [6, 6.07) is 0. The number of aromatic nitrogens is 3. The Labute approximate surface area is 98.8 Å². The summed E-state index contributed by atoms with van der Waals surface area (Å²) in [5.74, 6) is -0.320. The Hall–Kier alpha value is -1.08. The molecule has 1 rings (SSSR count). The average molecular weight is 243 g/mol. The SMILES string of the molecule is CC(C)(C)CC(CN)C(=O)Nc1nnns1. The van der Waals surface area contributed by atoms with Crippen molar-refractivity contribution in [1.82, 2.24) is 14.8 Å². The summed E-state index contributed by atoms with van der Waals surface area (Å²) < 4.78 is 3.57. The minimum atomic E-state index is -0.205. The second-order valence-electron chi connectivity index (χ2n) is 4.85. The molecule has 1 aromatic heterocycles. The summed E-state index contributed by atoms with van der Waals surface area (Å²) >= 11 is 1.05. The van der Waals surface area contributed by atoms with Gasteiger partial charge >= 0.3 is 0 Å². The number of hydrogen-bond donors (Lipinski definition) is 2. The quantitative estimate of drug-likeness (QED) is 0.818. The normalized spacial score (nSPS) is 13.5. The van der Waals surface area contributed by atoms with Gasteiger partial charge in [-0.3, -0.25) is 10.1 Å². The molecular formula is C9H17N5OS. The Balaban J connectivity index is 2.56. The molecule has 7 heteroatoms. The second kappa shape index (κ2) is 5.31. The third kappa shape index (κ3) is 4.19. The van der Waals surface area contributed by atoms with Crippen LogP contribution in [0.2, 0.25) is 0 Å². The molecule has 3 N–H and O–H groups in total. The predicted octanol–water partition coefficient (Wildman–Crippen LogP) is 0.883. The number of rotatable bonds is 4. The Bertz CT molecular complexity index is 332. The van der Waals surface area contributed by atoms with Crippen molar-refractivity contribution < 1.29 is 4.79 Å². The van der Waals surface area contributed by atoms with E-state index in [1.807, 2.05) is 0 Å². The van der Waals surface area contributed by atoms with Crippen LogP contribution in [0.3, 0.4) is 0 Å². The van der Waals surface area contributed by atoms with Gasteiger partial charge in [-0.15, -0.1) is 0 Å². The first kappa shape index (κ1) is 13.0. The van der Waals surface area contributed by atoms with Crippen molar-refractivity contribution in [2.75, 3.05) is 11.9 Å². The molecule has 1 amide bonds. The van der Waals surface area contributed by atoms with E-state index in [1.165, 1.54) is 0 Å². The molecule has 0 aliphatic heterocycles. The van der Waals surface area contributed by atoms with E-state index in [0.29, 0.717) is 11.7 Å². The molecule has 6 nitrogen and oxygen atoms in total. The fraction of sp³-hybridized carbons (Fsp3) is 0.778. The van der Waals surface area contributed by atoms with E-state index < -0.39 is 0 Å². The molecule has 0 aromatic carbocycles. The van der Waals surface area contributed by atoms with Crippen LogP contribution in [0.15, 0.2) is 0 Å². The van der Waals surface area contributed by atoms with Crippen LogP contribution in [0.5, 0.6) is 0 Å². The fourth-order valence-corrected chi connectivity index (χ4v) is 1.78. The highest BCUT2D eigenvalue weighted by atomic mass is 32.1. The molecule has 0 saturated carbocycles. The van der Waals surface area contributed by atoms with Gasteiger partial charge in [0.05, 0.1) is 5.92 Å². The zero-order chi connectivity index (χ0) is 12.2. The lowest BCUT2D eigenvalue weighted by atomic mass is 9.84. The minimum Gasteiger partial charge on any atom is -0.330 e. The van der Waals surface area contributed by atoms with Gasteiger partial charge in [0.1, 0.15) is 0 Å². The van der Waals surface area contributed by atoms with Gasteiger partial charge in [0.2, 0.25) is 11.0 Å². The third-order valence-corrected chi connectivity index (χ3v) is 2.55. The highest BCUT2D eigenvalue weighted by Crippen LogP contribution is 2.24. The van der Waals surface area contributed by atoms with E-state index >= 15 is 0 Å². The molecule has 0 spiro atoms. The number of carbonyl (C=O) groups is 1. The van der Waals surface area contributed by atoms with Crippen molar-refractivity contribution in [2.45, 2.75) is 27.2 Å². The van der Waals surface area contributed by atoms with Gasteiger partial charge in [0.25, 0.3) is 0 Å². The third-order valence-electron chi connectivity index (χ3n) is 2.04. The zero-order valence-electron chi connectivity index (χ0n) is 9.73. The maximum Gasteiger partial charge on any atom is 0.231 e. The van der Waals surface area contributed by atoms with Crippen molar-refractivity contribution in [2.24, 2.45) is 17.1 Å². The summed E-state index contributed by atoms with van der Waals surface area (Å²) in [6.45, 7) is 6.57. The van der Waals surface area contributed by atoms with E-state index in [-0.39, 0.29) is 17.2 Å². The Morgan fingerprint density at radius 2 is 2.25 bits per heavy atom. The first-order valence-electron chi connectivity index (χ1n) is 5.08. The topological polar surface area (TPSA) is 93.8 Å². The summed E-state index contributed by atoms with van der Waals surface area (Å²) in [7, 11) is 0. The maximum absolute atomic E-state index is 11.8. The van der Waals surface area contributed by atoms with Crippen LogP contribution in [0.4, 0.5) is 5.13 Å². The molecule has 0 radical (unpaired) electrons.